The van der Waals surface area contributed by atoms with Crippen molar-refractivity contribution in [3.05, 3.63) is 139 Å². The van der Waals surface area contributed by atoms with Crippen molar-refractivity contribution in [2.75, 3.05) is 0 Å². The third-order valence-corrected chi connectivity index (χ3v) is 6.26. The number of hydrogen-bond acceptors (Lipinski definition) is 7. The first-order chi connectivity index (χ1) is 20.6. The van der Waals surface area contributed by atoms with Crippen LogP contribution in [0.25, 0.3) is 22.3 Å². The lowest BCUT2D eigenvalue weighted by atomic mass is 10.1. The average Bonchev–Trinajstić information content (AvgIpc) is 3.03. The van der Waals surface area contributed by atoms with Gasteiger partial charge in [0.1, 0.15) is 17.2 Å². The molecule has 0 unspecified atom stereocenters. The van der Waals surface area contributed by atoms with Crippen LogP contribution in [-0.2, 0) is 0 Å². The zero-order chi connectivity index (χ0) is 28.7. The number of primary amides is 1. The molecular formula is C34H24N4O4. The van der Waals surface area contributed by atoms with Crippen molar-refractivity contribution in [2.45, 2.75) is 0 Å². The minimum absolute atomic E-state index is 0.0166. The molecule has 0 bridgehead atoms. The van der Waals surface area contributed by atoms with Gasteiger partial charge < -0.3 is 19.9 Å². The molecule has 1 aromatic heterocycles. The van der Waals surface area contributed by atoms with Gasteiger partial charge in [-0.1, -0.05) is 84.9 Å². The highest BCUT2D eigenvalue weighted by Gasteiger charge is 2.14. The van der Waals surface area contributed by atoms with Crippen molar-refractivity contribution in [1.29, 1.82) is 0 Å². The summed E-state index contributed by atoms with van der Waals surface area (Å²) >= 11 is 0. The standard InChI is InChI=1S/C34H24N4O4/c35-31(39)27-15-21-30(22-16-27)42-34-37-32(40-28-17-11-25(12-18-28)23-7-3-1-4-8-23)36-33(38-34)41-29-19-13-26(14-20-29)24-9-5-2-6-10-24/h1-22H,(H2,35,39). The van der Waals surface area contributed by atoms with Gasteiger partial charge in [0, 0.05) is 5.56 Å². The number of nitrogens with two attached hydrogens (primary N) is 1. The molecule has 0 fully saturated rings. The van der Waals surface area contributed by atoms with Gasteiger partial charge in [-0.2, -0.15) is 0 Å². The van der Waals surface area contributed by atoms with Gasteiger partial charge in [-0.3, -0.25) is 4.79 Å². The van der Waals surface area contributed by atoms with Crippen LogP contribution in [0.1, 0.15) is 10.4 Å². The lowest BCUT2D eigenvalue weighted by Crippen LogP contribution is -2.10. The van der Waals surface area contributed by atoms with Crippen LogP contribution in [0.2, 0.25) is 0 Å². The molecule has 0 aliphatic heterocycles. The Morgan fingerprint density at radius 2 is 0.738 bits per heavy atom. The molecule has 204 valence electrons. The molecule has 8 heteroatoms. The summed E-state index contributed by atoms with van der Waals surface area (Å²) in [6.45, 7) is 0. The second-order valence-corrected chi connectivity index (χ2v) is 9.16. The first-order valence-corrected chi connectivity index (χ1v) is 13.1. The molecule has 0 saturated carbocycles. The fraction of sp³-hybridized carbons (Fsp3) is 0. The van der Waals surface area contributed by atoms with Crippen molar-refractivity contribution in [2.24, 2.45) is 5.73 Å². The topological polar surface area (TPSA) is 109 Å². The van der Waals surface area contributed by atoms with Crippen molar-refractivity contribution >= 4 is 5.91 Å². The third kappa shape index (κ3) is 6.40. The molecule has 0 aliphatic rings. The van der Waals surface area contributed by atoms with E-state index in [1.54, 1.807) is 24.3 Å². The molecule has 1 heterocycles. The highest BCUT2D eigenvalue weighted by Crippen LogP contribution is 2.29. The average molecular weight is 553 g/mol. The summed E-state index contributed by atoms with van der Waals surface area (Å²) in [7, 11) is 0. The smallest absolute Gasteiger partial charge is 0.331 e. The molecule has 42 heavy (non-hydrogen) atoms. The van der Waals surface area contributed by atoms with Crippen LogP contribution >= 0.6 is 0 Å². The Bertz CT molecular complexity index is 1690. The zero-order valence-electron chi connectivity index (χ0n) is 22.3. The van der Waals surface area contributed by atoms with E-state index in [1.807, 2.05) is 109 Å². The number of rotatable bonds is 9. The Kier molecular flexibility index (Phi) is 7.50. The number of nitrogens with zero attached hydrogens (tertiary/aromatic N) is 3. The van der Waals surface area contributed by atoms with Gasteiger partial charge in [0.05, 0.1) is 0 Å². The number of benzene rings is 5. The summed E-state index contributed by atoms with van der Waals surface area (Å²) in [6, 6.07) is 41.4. The molecule has 0 atom stereocenters. The van der Waals surface area contributed by atoms with Gasteiger partial charge in [-0.05, 0) is 70.8 Å². The molecule has 1 amide bonds. The quantitative estimate of drug-likeness (QED) is 0.196. The zero-order valence-corrected chi connectivity index (χ0v) is 22.3. The molecule has 5 aromatic carbocycles. The van der Waals surface area contributed by atoms with Crippen molar-refractivity contribution in [3.63, 3.8) is 0 Å². The molecule has 0 saturated heterocycles. The first kappa shape index (κ1) is 26.2. The lowest BCUT2D eigenvalue weighted by Gasteiger charge is -2.10. The predicted octanol–water partition coefficient (Wildman–Crippen LogP) is 7.68. The van der Waals surface area contributed by atoms with E-state index in [9.17, 15) is 4.79 Å². The lowest BCUT2D eigenvalue weighted by molar-refractivity contribution is 0.1000. The number of hydrogen-bond donors (Lipinski definition) is 1. The summed E-state index contributed by atoms with van der Waals surface area (Å²) in [4.78, 5) is 24.4. The molecule has 0 aliphatic carbocycles. The van der Waals surface area contributed by atoms with Gasteiger partial charge in [-0.15, -0.1) is 15.0 Å². The van der Waals surface area contributed by atoms with E-state index in [2.05, 4.69) is 15.0 Å². The van der Waals surface area contributed by atoms with E-state index in [1.165, 1.54) is 0 Å². The second-order valence-electron chi connectivity index (χ2n) is 9.16. The Morgan fingerprint density at radius 1 is 0.429 bits per heavy atom. The number of aromatic nitrogens is 3. The molecule has 0 radical (unpaired) electrons. The van der Waals surface area contributed by atoms with Crippen LogP contribution in [0.4, 0.5) is 0 Å². The fourth-order valence-corrected chi connectivity index (χ4v) is 4.15. The van der Waals surface area contributed by atoms with E-state index in [-0.39, 0.29) is 18.0 Å². The minimum Gasteiger partial charge on any atom is -0.424 e. The number of amides is 1. The van der Waals surface area contributed by atoms with Crippen LogP contribution in [0.3, 0.4) is 0 Å². The molecule has 2 N–H and O–H groups in total. The minimum atomic E-state index is -0.537. The Morgan fingerprint density at radius 3 is 1.07 bits per heavy atom. The van der Waals surface area contributed by atoms with Gasteiger partial charge in [0.2, 0.25) is 5.91 Å². The van der Waals surface area contributed by atoms with Gasteiger partial charge >= 0.3 is 18.0 Å². The molecule has 6 rings (SSSR count). The van der Waals surface area contributed by atoms with Crippen LogP contribution in [-0.4, -0.2) is 20.9 Å². The molecule has 6 aromatic rings. The summed E-state index contributed by atoms with van der Waals surface area (Å²) in [5, 5.41) is 0. The highest BCUT2D eigenvalue weighted by molar-refractivity contribution is 5.92. The van der Waals surface area contributed by atoms with Gasteiger partial charge in [-0.25, -0.2) is 0 Å². The maximum Gasteiger partial charge on any atom is 0.331 e. The SMILES string of the molecule is NC(=O)c1ccc(Oc2nc(Oc3ccc(-c4ccccc4)cc3)nc(Oc3ccc(-c4ccccc4)cc3)n2)cc1. The second kappa shape index (κ2) is 12.0. The van der Waals surface area contributed by atoms with E-state index in [4.69, 9.17) is 19.9 Å². The largest absolute Gasteiger partial charge is 0.424 e. The maximum atomic E-state index is 11.4. The van der Waals surface area contributed by atoms with Gasteiger partial charge in [0.25, 0.3) is 0 Å². The summed E-state index contributed by atoms with van der Waals surface area (Å²) in [5.74, 6) is 0.902. The molecule has 8 nitrogen and oxygen atoms in total. The van der Waals surface area contributed by atoms with Crippen LogP contribution in [0.5, 0.6) is 35.3 Å². The number of carbonyl (C=O) groups excluding carboxylic acids is 1. The first-order valence-electron chi connectivity index (χ1n) is 13.1. The van der Waals surface area contributed by atoms with E-state index in [0.29, 0.717) is 22.8 Å². The Labute approximate surface area is 242 Å². The van der Waals surface area contributed by atoms with Crippen molar-refractivity contribution in [1.82, 2.24) is 15.0 Å². The highest BCUT2D eigenvalue weighted by atomic mass is 16.5. The van der Waals surface area contributed by atoms with Crippen LogP contribution in [0.15, 0.2) is 133 Å². The molecule has 0 spiro atoms. The van der Waals surface area contributed by atoms with Crippen molar-refractivity contribution in [3.8, 4) is 57.5 Å². The summed E-state index contributed by atoms with van der Waals surface area (Å²) in [6.07, 6.45) is 0. The fourth-order valence-electron chi connectivity index (χ4n) is 4.15. The Hall–Kier alpha value is -6.02. The van der Waals surface area contributed by atoms with E-state index < -0.39 is 5.91 Å². The van der Waals surface area contributed by atoms with Crippen molar-refractivity contribution < 1.29 is 19.0 Å². The summed E-state index contributed by atoms with van der Waals surface area (Å²) in [5.41, 5.74) is 9.97. The number of ether oxygens (including phenoxy) is 3. The van der Waals surface area contributed by atoms with E-state index in [0.717, 1.165) is 22.3 Å². The maximum absolute atomic E-state index is 11.4. The predicted molar refractivity (Wildman–Crippen MR) is 159 cm³/mol. The van der Waals surface area contributed by atoms with Crippen LogP contribution < -0.4 is 19.9 Å². The molecular weight excluding hydrogens is 528 g/mol. The monoisotopic (exact) mass is 552 g/mol. The number of carbonyl (C=O) groups is 1. The third-order valence-electron chi connectivity index (χ3n) is 6.26. The Balaban J connectivity index is 1.26. The summed E-state index contributed by atoms with van der Waals surface area (Å²) < 4.78 is 17.8. The van der Waals surface area contributed by atoms with Crippen LogP contribution in [0, 0.1) is 0 Å². The van der Waals surface area contributed by atoms with Gasteiger partial charge in [0.15, 0.2) is 0 Å². The normalized spacial score (nSPS) is 10.6. The van der Waals surface area contributed by atoms with E-state index >= 15 is 0 Å².